The number of halogens is 1. The van der Waals surface area contributed by atoms with Gasteiger partial charge in [0.25, 0.3) is 0 Å². The average molecular weight is 310 g/mol. The molecule has 2 N–H and O–H groups in total. The largest absolute Gasteiger partial charge is 0.396 e. The highest BCUT2D eigenvalue weighted by molar-refractivity contribution is 6.30. The molecular formula is C18H28ClNO. The monoisotopic (exact) mass is 309 g/mol. The highest BCUT2D eigenvalue weighted by atomic mass is 35.5. The van der Waals surface area contributed by atoms with E-state index in [0.717, 1.165) is 37.3 Å². The Labute approximate surface area is 133 Å². The minimum Gasteiger partial charge on any atom is -0.396 e. The Hall–Kier alpha value is -0.570. The first-order valence-electron chi connectivity index (χ1n) is 8.29. The predicted molar refractivity (Wildman–Crippen MR) is 89.7 cm³/mol. The molecule has 0 aromatic heterocycles. The summed E-state index contributed by atoms with van der Waals surface area (Å²) in [5, 5.41) is 14.3. The van der Waals surface area contributed by atoms with E-state index < -0.39 is 0 Å². The molecule has 1 aromatic rings. The van der Waals surface area contributed by atoms with Crippen molar-refractivity contribution >= 4 is 11.6 Å². The molecule has 1 aliphatic rings. The van der Waals surface area contributed by atoms with E-state index in [2.05, 4.69) is 24.4 Å². The van der Waals surface area contributed by atoms with Crippen LogP contribution in [0.1, 0.15) is 63.5 Å². The lowest BCUT2D eigenvalue weighted by Gasteiger charge is -2.37. The molecule has 3 heteroatoms. The van der Waals surface area contributed by atoms with Gasteiger partial charge in [-0.25, -0.2) is 0 Å². The zero-order valence-corrected chi connectivity index (χ0v) is 13.8. The molecule has 118 valence electrons. The van der Waals surface area contributed by atoms with Gasteiger partial charge in [0.1, 0.15) is 0 Å². The second-order valence-electron chi connectivity index (χ2n) is 6.49. The Bertz CT molecular complexity index is 412. The quantitative estimate of drug-likeness (QED) is 0.764. The number of nitrogens with one attached hydrogen (secondary N) is 1. The summed E-state index contributed by atoms with van der Waals surface area (Å²) >= 11 is 5.98. The van der Waals surface area contributed by atoms with Gasteiger partial charge in [0, 0.05) is 29.6 Å². The maximum atomic E-state index is 9.83. The molecule has 0 amide bonds. The van der Waals surface area contributed by atoms with Crippen LogP contribution in [0.25, 0.3) is 0 Å². The van der Waals surface area contributed by atoms with Crippen molar-refractivity contribution in [1.82, 2.24) is 5.32 Å². The van der Waals surface area contributed by atoms with Crippen molar-refractivity contribution in [2.75, 3.05) is 13.2 Å². The molecule has 21 heavy (non-hydrogen) atoms. The third kappa shape index (κ3) is 4.70. The molecule has 1 unspecified atom stereocenters. The lowest BCUT2D eigenvalue weighted by molar-refractivity contribution is 0.0779. The third-order valence-electron chi connectivity index (χ3n) is 4.82. The smallest absolute Gasteiger partial charge is 0.0499 e. The molecule has 2 rings (SSSR count). The van der Waals surface area contributed by atoms with Gasteiger partial charge in [-0.05, 0) is 37.0 Å². The van der Waals surface area contributed by atoms with Crippen molar-refractivity contribution in [1.29, 1.82) is 0 Å². The minimum absolute atomic E-state index is 0.0939. The molecule has 0 aliphatic heterocycles. The maximum Gasteiger partial charge on any atom is 0.0499 e. The minimum atomic E-state index is 0.0939. The molecule has 0 saturated heterocycles. The number of aliphatic hydroxyl groups is 1. The van der Waals surface area contributed by atoms with Gasteiger partial charge in [-0.3, -0.25) is 0 Å². The molecule has 1 aliphatic carbocycles. The third-order valence-corrected chi connectivity index (χ3v) is 5.07. The van der Waals surface area contributed by atoms with E-state index >= 15 is 0 Å². The summed E-state index contributed by atoms with van der Waals surface area (Å²) in [5.74, 6) is 0. The molecule has 0 bridgehead atoms. The fourth-order valence-corrected chi connectivity index (χ4v) is 3.53. The maximum absolute atomic E-state index is 9.83. The second-order valence-corrected chi connectivity index (χ2v) is 6.93. The Morgan fingerprint density at radius 2 is 1.86 bits per heavy atom. The number of aliphatic hydroxyl groups excluding tert-OH is 1. The predicted octanol–water partition coefficient (Wildman–Crippen LogP) is 4.71. The van der Waals surface area contributed by atoms with Crippen LogP contribution in [0.15, 0.2) is 24.3 Å². The van der Waals surface area contributed by atoms with Crippen molar-refractivity contribution in [2.45, 2.75) is 57.9 Å². The molecule has 0 heterocycles. The Morgan fingerprint density at radius 1 is 1.19 bits per heavy atom. The standard InChI is InChI=1S/C18H28ClNO/c1-2-6-17(15-7-9-16(19)10-8-15)20-13-18(14-21)11-4-3-5-12-18/h7-10,17,20-21H,2-6,11-14H2,1H3. The van der Waals surface area contributed by atoms with E-state index in [1.54, 1.807) is 0 Å². The SMILES string of the molecule is CCCC(NCC1(CO)CCCCC1)c1ccc(Cl)cc1. The van der Waals surface area contributed by atoms with Crippen molar-refractivity contribution < 1.29 is 5.11 Å². The Kier molecular flexibility index (Phi) is 6.53. The van der Waals surface area contributed by atoms with E-state index in [-0.39, 0.29) is 5.41 Å². The summed E-state index contributed by atoms with van der Waals surface area (Å²) in [4.78, 5) is 0. The lowest BCUT2D eigenvalue weighted by atomic mass is 9.74. The van der Waals surface area contributed by atoms with Crippen molar-refractivity contribution in [3.63, 3.8) is 0 Å². The molecular weight excluding hydrogens is 282 g/mol. The van der Waals surface area contributed by atoms with E-state index in [4.69, 9.17) is 11.6 Å². The molecule has 2 nitrogen and oxygen atoms in total. The Balaban J connectivity index is 2.00. The van der Waals surface area contributed by atoms with Crippen LogP contribution in [-0.2, 0) is 0 Å². The van der Waals surface area contributed by atoms with Gasteiger partial charge in [-0.1, -0.05) is 56.3 Å². The summed E-state index contributed by atoms with van der Waals surface area (Å²) < 4.78 is 0. The van der Waals surface area contributed by atoms with Gasteiger partial charge in [0.2, 0.25) is 0 Å². The van der Waals surface area contributed by atoms with Crippen LogP contribution in [0.4, 0.5) is 0 Å². The van der Waals surface area contributed by atoms with E-state index in [1.807, 2.05) is 12.1 Å². The van der Waals surface area contributed by atoms with E-state index in [0.29, 0.717) is 12.6 Å². The normalized spacial score (nSPS) is 19.4. The van der Waals surface area contributed by atoms with Gasteiger partial charge in [0.05, 0.1) is 0 Å². The van der Waals surface area contributed by atoms with Crippen LogP contribution in [-0.4, -0.2) is 18.3 Å². The molecule has 1 aromatic carbocycles. The topological polar surface area (TPSA) is 32.3 Å². The molecule has 0 spiro atoms. The van der Waals surface area contributed by atoms with Crippen molar-refractivity contribution in [3.05, 3.63) is 34.9 Å². The summed E-state index contributed by atoms with van der Waals surface area (Å²) in [5.41, 5.74) is 1.39. The van der Waals surface area contributed by atoms with Gasteiger partial charge >= 0.3 is 0 Å². The number of benzene rings is 1. The summed E-state index contributed by atoms with van der Waals surface area (Å²) in [6.45, 7) is 3.43. The van der Waals surface area contributed by atoms with Crippen LogP contribution in [0, 0.1) is 5.41 Å². The highest BCUT2D eigenvalue weighted by Gasteiger charge is 2.31. The van der Waals surface area contributed by atoms with Gasteiger partial charge in [0.15, 0.2) is 0 Å². The van der Waals surface area contributed by atoms with Crippen LogP contribution in [0.2, 0.25) is 5.02 Å². The first-order valence-corrected chi connectivity index (χ1v) is 8.67. The molecule has 0 radical (unpaired) electrons. The summed E-state index contributed by atoms with van der Waals surface area (Å²) in [6.07, 6.45) is 8.38. The fourth-order valence-electron chi connectivity index (χ4n) is 3.40. The number of rotatable bonds is 7. The first kappa shape index (κ1) is 16.8. The number of hydrogen-bond donors (Lipinski definition) is 2. The van der Waals surface area contributed by atoms with E-state index in [1.165, 1.54) is 24.8 Å². The fraction of sp³-hybridized carbons (Fsp3) is 0.667. The zero-order valence-electron chi connectivity index (χ0n) is 13.1. The van der Waals surface area contributed by atoms with Gasteiger partial charge in [-0.15, -0.1) is 0 Å². The van der Waals surface area contributed by atoms with Crippen LogP contribution < -0.4 is 5.32 Å². The molecule has 1 fully saturated rings. The van der Waals surface area contributed by atoms with Crippen LogP contribution >= 0.6 is 11.6 Å². The van der Waals surface area contributed by atoms with Gasteiger partial charge < -0.3 is 10.4 Å². The lowest BCUT2D eigenvalue weighted by Crippen LogP contribution is -2.40. The second kappa shape index (κ2) is 8.17. The van der Waals surface area contributed by atoms with Crippen LogP contribution in [0.5, 0.6) is 0 Å². The highest BCUT2D eigenvalue weighted by Crippen LogP contribution is 2.36. The Morgan fingerprint density at radius 3 is 2.43 bits per heavy atom. The number of hydrogen-bond acceptors (Lipinski definition) is 2. The molecule has 1 saturated carbocycles. The van der Waals surface area contributed by atoms with E-state index in [9.17, 15) is 5.11 Å². The summed E-state index contributed by atoms with van der Waals surface area (Å²) in [7, 11) is 0. The zero-order chi connectivity index (χ0) is 15.1. The first-order chi connectivity index (χ1) is 10.2. The van der Waals surface area contributed by atoms with Crippen molar-refractivity contribution in [2.24, 2.45) is 5.41 Å². The van der Waals surface area contributed by atoms with Crippen LogP contribution in [0.3, 0.4) is 0 Å². The average Bonchev–Trinajstić information content (AvgIpc) is 2.53. The van der Waals surface area contributed by atoms with Gasteiger partial charge in [-0.2, -0.15) is 0 Å². The summed E-state index contributed by atoms with van der Waals surface area (Å²) in [6, 6.07) is 8.51. The molecule has 1 atom stereocenters. The van der Waals surface area contributed by atoms with Crippen molar-refractivity contribution in [3.8, 4) is 0 Å².